The molecule has 1 aromatic carbocycles. The first-order chi connectivity index (χ1) is 12.3. The average molecular weight is 383 g/mol. The predicted molar refractivity (Wildman–Crippen MR) is 100 cm³/mol. The normalized spacial score (nSPS) is 19.6. The first-order valence-electron chi connectivity index (χ1n) is 9.07. The number of carbonyl (C=O) groups is 1. The highest BCUT2D eigenvalue weighted by atomic mass is 35.5. The lowest BCUT2D eigenvalue weighted by Crippen LogP contribution is -2.36. The molecule has 2 aliphatic heterocycles. The van der Waals surface area contributed by atoms with Crippen molar-refractivity contribution in [2.24, 2.45) is 5.92 Å². The molecule has 0 aromatic heterocycles. The number of rotatable bonds is 5. The van der Waals surface area contributed by atoms with E-state index < -0.39 is 5.60 Å². The SMILES string of the molecule is CC(C)(C)OC(=O)NC[C@@H]1CCN(CCc2cc(Cl)cc3c2OCO3)C1. The van der Waals surface area contributed by atoms with E-state index >= 15 is 0 Å². The topological polar surface area (TPSA) is 60.0 Å². The number of hydrogen-bond donors (Lipinski definition) is 1. The maximum absolute atomic E-state index is 11.8. The van der Waals surface area contributed by atoms with Crippen LogP contribution in [0.15, 0.2) is 12.1 Å². The standard InChI is InChI=1S/C19H27ClN2O4/c1-19(2,3)26-18(23)21-10-13-4-6-22(11-13)7-5-14-8-15(20)9-16-17(14)25-12-24-16/h8-9,13H,4-7,10-12H2,1-3H3,(H,21,23)/t13-/m0/s1. The van der Waals surface area contributed by atoms with Gasteiger partial charge in [0.1, 0.15) is 5.60 Å². The fraction of sp³-hybridized carbons (Fsp3) is 0.632. The maximum Gasteiger partial charge on any atom is 0.407 e. The zero-order valence-electron chi connectivity index (χ0n) is 15.6. The van der Waals surface area contributed by atoms with E-state index in [-0.39, 0.29) is 12.9 Å². The number of alkyl carbamates (subject to hydrolysis) is 1. The van der Waals surface area contributed by atoms with Crippen LogP contribution >= 0.6 is 11.6 Å². The molecule has 26 heavy (non-hydrogen) atoms. The lowest BCUT2D eigenvalue weighted by Gasteiger charge is -2.21. The van der Waals surface area contributed by atoms with Gasteiger partial charge in [0, 0.05) is 36.3 Å². The van der Waals surface area contributed by atoms with E-state index in [1.54, 1.807) is 6.07 Å². The molecular weight excluding hydrogens is 356 g/mol. The summed E-state index contributed by atoms with van der Waals surface area (Å²) in [5.41, 5.74) is 0.620. The number of amides is 1. The number of nitrogens with zero attached hydrogens (tertiary/aromatic N) is 1. The van der Waals surface area contributed by atoms with Crippen LogP contribution in [-0.2, 0) is 11.2 Å². The molecule has 1 aromatic rings. The van der Waals surface area contributed by atoms with Gasteiger partial charge in [0.2, 0.25) is 6.79 Å². The minimum atomic E-state index is -0.463. The van der Waals surface area contributed by atoms with E-state index in [9.17, 15) is 4.79 Å². The van der Waals surface area contributed by atoms with Gasteiger partial charge in [-0.2, -0.15) is 0 Å². The molecule has 2 aliphatic rings. The first kappa shape index (κ1) is 19.1. The zero-order chi connectivity index (χ0) is 18.7. The maximum atomic E-state index is 11.8. The first-order valence-corrected chi connectivity index (χ1v) is 9.45. The molecule has 0 spiro atoms. The van der Waals surface area contributed by atoms with Crippen LogP contribution < -0.4 is 14.8 Å². The van der Waals surface area contributed by atoms with E-state index in [0.29, 0.717) is 17.5 Å². The lowest BCUT2D eigenvalue weighted by molar-refractivity contribution is 0.0519. The van der Waals surface area contributed by atoms with Crippen molar-refractivity contribution in [3.05, 3.63) is 22.7 Å². The second-order valence-corrected chi connectivity index (χ2v) is 8.32. The van der Waals surface area contributed by atoms with Gasteiger partial charge >= 0.3 is 6.09 Å². The van der Waals surface area contributed by atoms with E-state index in [1.807, 2.05) is 26.8 Å². The minimum Gasteiger partial charge on any atom is -0.454 e. The molecule has 7 heteroatoms. The van der Waals surface area contributed by atoms with Gasteiger partial charge in [-0.05, 0) is 52.1 Å². The quantitative estimate of drug-likeness (QED) is 0.845. The van der Waals surface area contributed by atoms with Crippen LogP contribution in [0.5, 0.6) is 11.5 Å². The van der Waals surface area contributed by atoms with Gasteiger partial charge in [0.05, 0.1) is 0 Å². The van der Waals surface area contributed by atoms with Crippen LogP contribution in [0.4, 0.5) is 4.79 Å². The van der Waals surface area contributed by atoms with E-state index in [0.717, 1.165) is 49.5 Å². The summed E-state index contributed by atoms with van der Waals surface area (Å²) in [5, 5.41) is 3.55. The highest BCUT2D eigenvalue weighted by molar-refractivity contribution is 6.30. The number of likely N-dealkylation sites (tertiary alicyclic amines) is 1. The molecule has 0 aliphatic carbocycles. The molecule has 1 atom stereocenters. The van der Waals surface area contributed by atoms with Crippen LogP contribution in [0.25, 0.3) is 0 Å². The monoisotopic (exact) mass is 382 g/mol. The summed E-state index contributed by atoms with van der Waals surface area (Å²) < 4.78 is 16.3. The molecule has 0 bridgehead atoms. The Balaban J connectivity index is 1.44. The van der Waals surface area contributed by atoms with E-state index in [1.165, 1.54) is 0 Å². The number of nitrogens with one attached hydrogen (secondary N) is 1. The molecule has 0 unspecified atom stereocenters. The van der Waals surface area contributed by atoms with Crippen molar-refractivity contribution in [2.75, 3.05) is 33.0 Å². The summed E-state index contributed by atoms with van der Waals surface area (Å²) in [5.74, 6) is 2.00. The Hall–Kier alpha value is -1.66. The number of benzene rings is 1. The number of carbonyl (C=O) groups excluding carboxylic acids is 1. The Kier molecular flexibility index (Phi) is 5.82. The van der Waals surface area contributed by atoms with Crippen LogP contribution in [0, 0.1) is 5.92 Å². The molecule has 0 saturated carbocycles. The molecule has 1 saturated heterocycles. The second-order valence-electron chi connectivity index (χ2n) is 7.89. The van der Waals surface area contributed by atoms with Gasteiger partial charge in [-0.25, -0.2) is 4.79 Å². The molecule has 1 amide bonds. The molecule has 6 nitrogen and oxygen atoms in total. The Morgan fingerprint density at radius 3 is 2.96 bits per heavy atom. The minimum absolute atomic E-state index is 0.255. The number of hydrogen-bond acceptors (Lipinski definition) is 5. The molecular formula is C19H27ClN2O4. The summed E-state index contributed by atoms with van der Waals surface area (Å²) in [6, 6.07) is 3.74. The van der Waals surface area contributed by atoms with Gasteiger partial charge in [0.15, 0.2) is 11.5 Å². The summed E-state index contributed by atoms with van der Waals surface area (Å²) in [7, 11) is 0. The van der Waals surface area contributed by atoms with Crippen molar-refractivity contribution >= 4 is 17.7 Å². The van der Waals surface area contributed by atoms with Gasteiger partial charge in [-0.15, -0.1) is 0 Å². The Morgan fingerprint density at radius 1 is 1.38 bits per heavy atom. The fourth-order valence-electron chi connectivity index (χ4n) is 3.33. The molecule has 0 radical (unpaired) electrons. The highest BCUT2D eigenvalue weighted by Gasteiger charge is 2.25. The van der Waals surface area contributed by atoms with Crippen molar-refractivity contribution in [3.63, 3.8) is 0 Å². The van der Waals surface area contributed by atoms with Crippen molar-refractivity contribution in [1.82, 2.24) is 10.2 Å². The average Bonchev–Trinajstić information content (AvgIpc) is 3.17. The number of halogens is 1. The molecule has 1 N–H and O–H groups in total. The lowest BCUT2D eigenvalue weighted by atomic mass is 10.1. The number of ether oxygens (including phenoxy) is 3. The largest absolute Gasteiger partial charge is 0.454 e. The Bertz CT molecular complexity index is 660. The Labute approximate surface area is 159 Å². The fourth-order valence-corrected chi connectivity index (χ4v) is 3.57. The summed E-state index contributed by atoms with van der Waals surface area (Å²) in [6.45, 7) is 9.43. The Morgan fingerprint density at radius 2 is 2.19 bits per heavy atom. The van der Waals surface area contributed by atoms with Crippen molar-refractivity contribution in [3.8, 4) is 11.5 Å². The highest BCUT2D eigenvalue weighted by Crippen LogP contribution is 2.38. The predicted octanol–water partition coefficient (Wildman–Crippen LogP) is 3.46. The zero-order valence-corrected chi connectivity index (χ0v) is 16.4. The third-order valence-electron chi connectivity index (χ3n) is 4.52. The summed E-state index contributed by atoms with van der Waals surface area (Å²) in [4.78, 5) is 14.2. The van der Waals surface area contributed by atoms with Crippen LogP contribution in [-0.4, -0.2) is 49.6 Å². The third kappa shape index (κ3) is 5.17. The van der Waals surface area contributed by atoms with Crippen molar-refractivity contribution < 1.29 is 19.0 Å². The van der Waals surface area contributed by atoms with Gasteiger partial charge in [-0.3, -0.25) is 0 Å². The summed E-state index contributed by atoms with van der Waals surface area (Å²) in [6.07, 6.45) is 1.59. The summed E-state index contributed by atoms with van der Waals surface area (Å²) >= 11 is 6.16. The van der Waals surface area contributed by atoms with E-state index in [4.69, 9.17) is 25.8 Å². The van der Waals surface area contributed by atoms with Crippen LogP contribution in [0.2, 0.25) is 5.02 Å². The van der Waals surface area contributed by atoms with Gasteiger partial charge in [0.25, 0.3) is 0 Å². The smallest absolute Gasteiger partial charge is 0.407 e. The third-order valence-corrected chi connectivity index (χ3v) is 4.73. The van der Waals surface area contributed by atoms with Gasteiger partial charge in [-0.1, -0.05) is 11.6 Å². The van der Waals surface area contributed by atoms with E-state index in [2.05, 4.69) is 10.2 Å². The number of fused-ring (bicyclic) bond motifs is 1. The van der Waals surface area contributed by atoms with Crippen molar-refractivity contribution in [2.45, 2.75) is 39.2 Å². The molecule has 2 heterocycles. The van der Waals surface area contributed by atoms with Crippen LogP contribution in [0.1, 0.15) is 32.8 Å². The van der Waals surface area contributed by atoms with Crippen LogP contribution in [0.3, 0.4) is 0 Å². The van der Waals surface area contributed by atoms with Crippen molar-refractivity contribution in [1.29, 1.82) is 0 Å². The molecule has 1 fully saturated rings. The second kappa shape index (κ2) is 7.92. The van der Waals surface area contributed by atoms with Gasteiger partial charge < -0.3 is 24.4 Å². The molecule has 144 valence electrons. The molecule has 3 rings (SSSR count).